The summed E-state index contributed by atoms with van der Waals surface area (Å²) in [7, 11) is 0. The highest BCUT2D eigenvalue weighted by Crippen LogP contribution is 2.29. The molecular formula is C7H16I2N8. The van der Waals surface area contributed by atoms with Gasteiger partial charge in [0.2, 0.25) is 0 Å². The van der Waals surface area contributed by atoms with Gasteiger partial charge in [0, 0.05) is 2.02 Å². The van der Waals surface area contributed by atoms with Crippen LogP contribution < -0.4 is 32.2 Å². The number of aliphatic imine (C=N–C) groups is 1. The molecule has 0 bridgehead atoms. The van der Waals surface area contributed by atoms with E-state index in [0.717, 1.165) is 0 Å². The van der Waals surface area contributed by atoms with Crippen LogP contribution in [0.4, 0.5) is 0 Å². The van der Waals surface area contributed by atoms with Crippen molar-refractivity contribution in [2.24, 2.45) is 33.7 Å². The molecule has 0 fully saturated rings. The van der Waals surface area contributed by atoms with Crippen molar-refractivity contribution in [2.75, 3.05) is 0 Å². The topological polar surface area (TPSA) is 178 Å². The highest BCUT2D eigenvalue weighted by atomic mass is 127. The Balaban J connectivity index is 2.98. The minimum atomic E-state index is -1.44. The minimum absolute atomic E-state index is 0.0693. The molecule has 0 aromatic rings. The fraction of sp³-hybridized carbons (Fsp3) is 0.429. The fourth-order valence-electron chi connectivity index (χ4n) is 1.33. The van der Waals surface area contributed by atoms with Crippen molar-refractivity contribution in [1.29, 1.82) is 5.41 Å². The molecule has 0 aromatic heterocycles. The summed E-state index contributed by atoms with van der Waals surface area (Å²) in [6.45, 7) is 0. The Morgan fingerprint density at radius 3 is 2.47 bits per heavy atom. The van der Waals surface area contributed by atoms with E-state index < -0.39 is 38.4 Å². The normalized spacial score (nSPS) is 29.0. The summed E-state index contributed by atoms with van der Waals surface area (Å²) in [6.07, 6.45) is 0. The Morgan fingerprint density at radius 2 is 2.12 bits per heavy atom. The fourth-order valence-corrected chi connectivity index (χ4v) is 4.84. The lowest BCUT2D eigenvalue weighted by atomic mass is 9.81. The van der Waals surface area contributed by atoms with E-state index in [2.05, 4.69) is 15.1 Å². The maximum atomic E-state index is 7.53. The van der Waals surface area contributed by atoms with Crippen LogP contribution in [0.2, 0.25) is 0 Å². The molecule has 1 aliphatic rings. The lowest BCUT2D eigenvalue weighted by Gasteiger charge is -2.50. The Hall–Kier alpha value is -0.0200. The summed E-state index contributed by atoms with van der Waals surface area (Å²) in [5.41, 5.74) is 25.8. The summed E-state index contributed by atoms with van der Waals surface area (Å²) in [6, 6.07) is -0.704. The minimum Gasteiger partial charge on any atom is -0.386 e. The monoisotopic (exact) mass is 466 g/mol. The molecule has 1 aliphatic heterocycles. The Bertz CT molecular complexity index is 403. The van der Waals surface area contributed by atoms with E-state index in [-0.39, 0.29) is 32.4 Å². The Morgan fingerprint density at radius 1 is 1.53 bits per heavy atom. The maximum absolute atomic E-state index is 7.53. The van der Waals surface area contributed by atoms with Gasteiger partial charge in [-0.05, 0) is 21.0 Å². The van der Waals surface area contributed by atoms with Gasteiger partial charge in [-0.2, -0.15) is 0 Å². The van der Waals surface area contributed by atoms with E-state index in [0.29, 0.717) is 0 Å². The van der Waals surface area contributed by atoms with Crippen LogP contribution in [0, 0.1) is 5.41 Å². The number of nitrogens with one attached hydrogen (secondary N) is 2. The lowest BCUT2D eigenvalue weighted by Crippen LogP contribution is -2.88. The molecule has 1 rings (SSSR count). The second kappa shape index (κ2) is 5.31. The third-order valence-electron chi connectivity index (χ3n) is 2.41. The molecule has 0 spiro atoms. The zero-order valence-corrected chi connectivity index (χ0v) is 13.3. The zero-order valence-electron chi connectivity index (χ0n) is 8.95. The van der Waals surface area contributed by atoms with Gasteiger partial charge in [0.1, 0.15) is 17.7 Å². The third kappa shape index (κ3) is 2.55. The van der Waals surface area contributed by atoms with Crippen LogP contribution in [0.15, 0.2) is 4.99 Å². The van der Waals surface area contributed by atoms with Gasteiger partial charge in [-0.3, -0.25) is 8.94 Å². The molecule has 1 heterocycles. The molecular weight excluding hydrogens is 450 g/mol. The molecule has 2 atom stereocenters. The van der Waals surface area contributed by atoms with E-state index >= 15 is 0 Å². The van der Waals surface area contributed by atoms with Crippen molar-refractivity contribution in [3.63, 3.8) is 0 Å². The molecule has 98 valence electrons. The van der Waals surface area contributed by atoms with Crippen LogP contribution in [0.3, 0.4) is 0 Å². The van der Waals surface area contributed by atoms with E-state index in [9.17, 15) is 0 Å². The van der Waals surface area contributed by atoms with Crippen molar-refractivity contribution < 1.29 is 0 Å². The van der Waals surface area contributed by atoms with E-state index in [1.165, 1.54) is 0 Å². The van der Waals surface area contributed by atoms with Crippen LogP contribution in [0.5, 0.6) is 0 Å². The van der Waals surface area contributed by atoms with Crippen LogP contribution in [-0.2, 0) is 0 Å². The molecule has 0 radical (unpaired) electrons. The van der Waals surface area contributed by atoms with Crippen molar-refractivity contribution in [2.45, 2.75) is 17.4 Å². The number of nitrogens with zero attached hydrogens (tertiary/aromatic N) is 1. The van der Waals surface area contributed by atoms with Gasteiger partial charge in [0.15, 0.2) is 11.3 Å². The number of amidine groups is 2. The molecule has 0 amide bonds. The van der Waals surface area contributed by atoms with Crippen LogP contribution in [-0.4, -0.2) is 35.6 Å². The number of hydrogen-bond acceptors (Lipinski definition) is 7. The smallest absolute Gasteiger partial charge is 0.172 e. The van der Waals surface area contributed by atoms with Gasteiger partial charge in [-0.1, -0.05) is 25.2 Å². The molecule has 10 heteroatoms. The molecule has 0 saturated heterocycles. The van der Waals surface area contributed by atoms with Crippen molar-refractivity contribution >= 4 is 59.9 Å². The molecule has 12 N–H and O–H groups in total. The second-order valence-electron chi connectivity index (χ2n) is 3.53. The number of rotatable bonds is 5. The van der Waals surface area contributed by atoms with Gasteiger partial charge in [-0.25, -0.2) is 4.99 Å². The van der Waals surface area contributed by atoms with Crippen molar-refractivity contribution in [1.82, 2.24) is 3.53 Å². The quantitative estimate of drug-likeness (QED) is 0.0779. The molecule has 2 unspecified atom stereocenters. The Kier molecular flexibility index (Phi) is 4.70. The number of nitrogens with two attached hydrogens (primary N) is 5. The maximum Gasteiger partial charge on any atom is 0.172 e. The van der Waals surface area contributed by atoms with Gasteiger partial charge < -0.3 is 28.7 Å². The molecule has 0 aromatic carbocycles. The average Bonchev–Trinajstić information content (AvgIpc) is 2.23. The first-order valence-corrected chi connectivity index (χ1v) is 9.49. The molecule has 0 saturated carbocycles. The van der Waals surface area contributed by atoms with E-state index in [1.807, 2.05) is 0 Å². The first-order valence-electron chi connectivity index (χ1n) is 4.40. The highest BCUT2D eigenvalue weighted by Gasteiger charge is 2.60. The van der Waals surface area contributed by atoms with E-state index in [4.69, 9.17) is 34.1 Å². The second-order valence-corrected chi connectivity index (χ2v) is 9.29. The average molecular weight is 466 g/mol. The van der Waals surface area contributed by atoms with Crippen LogP contribution >= 0.6 is 41.7 Å². The first kappa shape index (κ1) is 15.0. The number of halogens is 2. The summed E-state index contributed by atoms with van der Waals surface area (Å²) in [5, 5.41) is 7.53. The molecule has 17 heavy (non-hydrogen) atoms. The predicted octanol–water partition coefficient (Wildman–Crippen LogP) is -2.43. The molecule has 8 nitrogen and oxygen atoms in total. The predicted molar refractivity (Wildman–Crippen MR) is 89.7 cm³/mol. The van der Waals surface area contributed by atoms with Gasteiger partial charge >= 0.3 is 0 Å². The summed E-state index contributed by atoms with van der Waals surface area (Å²) in [5.74, 6) is -0.0841. The lowest BCUT2D eigenvalue weighted by molar-refractivity contribution is 0.240. The van der Waals surface area contributed by atoms with Crippen LogP contribution in [0.1, 0.15) is 0 Å². The summed E-state index contributed by atoms with van der Waals surface area (Å²) in [4.78, 5) is 3.94. The highest BCUT2D eigenvalue weighted by molar-refractivity contribution is 14.2. The summed E-state index contributed by atoms with van der Waals surface area (Å²) < 4.78 is 8.96. The van der Waals surface area contributed by atoms with Gasteiger partial charge in [0.05, 0.1) is 0 Å². The zero-order chi connectivity index (χ0) is 13.3. The molecule has 0 aliphatic carbocycles. The Labute approximate surface area is 119 Å². The van der Waals surface area contributed by atoms with Gasteiger partial charge in [-0.15, -0.1) is 0 Å². The first-order chi connectivity index (χ1) is 7.77. The van der Waals surface area contributed by atoms with Crippen LogP contribution in [0.25, 0.3) is 0 Å². The largest absolute Gasteiger partial charge is 0.386 e. The number of hydrogen-bond donors (Lipinski definition) is 7. The van der Waals surface area contributed by atoms with Crippen molar-refractivity contribution in [3.05, 3.63) is 0 Å². The SMILES string of the molecule is C=IC=INC(C(=N)N)C1(N)N=C(N)C1(N)N. The summed E-state index contributed by atoms with van der Waals surface area (Å²) >= 11 is -0.619. The standard InChI is InChI=1S/C7H16I2N8/c1-8-2-9-17-3(4(10)11)7(15)6(13,14)5(12)16-7/h2-3,17H,1,13-15H2,(H3,10,11)(H2,12,16). The van der Waals surface area contributed by atoms with Gasteiger partial charge in [0.25, 0.3) is 0 Å². The van der Waals surface area contributed by atoms with E-state index in [1.54, 1.807) is 0 Å². The third-order valence-corrected chi connectivity index (χ3v) is 7.78. The van der Waals surface area contributed by atoms with Crippen molar-refractivity contribution in [3.8, 4) is 0 Å².